The number of carbonyl (C=O) groups is 1. The fraction of sp³-hybridized carbons (Fsp3) is 0.550. The van der Waals surface area contributed by atoms with Crippen LogP contribution in [0.15, 0.2) is 34.7 Å². The van der Waals surface area contributed by atoms with Crippen LogP contribution in [0.2, 0.25) is 0 Å². The fourth-order valence-corrected chi connectivity index (χ4v) is 3.49. The number of aromatic nitrogens is 2. The highest BCUT2D eigenvalue weighted by atomic mass is 16.5. The van der Waals surface area contributed by atoms with E-state index in [-0.39, 0.29) is 12.5 Å². The lowest BCUT2D eigenvalue weighted by Gasteiger charge is -2.26. The zero-order valence-corrected chi connectivity index (χ0v) is 16.1. The molecule has 3 rings (SSSR count). The molecule has 1 aliphatic rings. The summed E-state index contributed by atoms with van der Waals surface area (Å²) in [6.07, 6.45) is 1.91. The number of hydrogen-bond donors (Lipinski definition) is 0. The summed E-state index contributed by atoms with van der Waals surface area (Å²) in [6, 6.07) is 9.97. The molecule has 7 nitrogen and oxygen atoms in total. The van der Waals surface area contributed by atoms with Gasteiger partial charge >= 0.3 is 0 Å². The van der Waals surface area contributed by atoms with E-state index < -0.39 is 0 Å². The third kappa shape index (κ3) is 5.29. The number of aryl methyl sites for hydroxylation is 1. The highest BCUT2D eigenvalue weighted by Gasteiger charge is 2.29. The van der Waals surface area contributed by atoms with Gasteiger partial charge in [0, 0.05) is 32.0 Å². The quantitative estimate of drug-likeness (QED) is 0.674. The second-order valence-corrected chi connectivity index (χ2v) is 6.69. The van der Waals surface area contributed by atoms with Gasteiger partial charge in [-0.25, -0.2) is 0 Å². The zero-order valence-electron chi connectivity index (χ0n) is 16.1. The molecule has 1 saturated heterocycles. The molecule has 27 heavy (non-hydrogen) atoms. The minimum Gasteiger partial charge on any atom is -0.484 e. The Bertz CT molecular complexity index is 715. The van der Waals surface area contributed by atoms with Crippen molar-refractivity contribution in [3.05, 3.63) is 42.1 Å². The number of nitrogens with zero attached hydrogens (tertiary/aromatic N) is 4. The molecular formula is C20H28N4O3. The van der Waals surface area contributed by atoms with Crippen LogP contribution in [0.4, 0.5) is 0 Å². The topological polar surface area (TPSA) is 71.7 Å². The van der Waals surface area contributed by atoms with Gasteiger partial charge in [-0.2, -0.15) is 0 Å². The number of amides is 1. The van der Waals surface area contributed by atoms with Crippen LogP contribution in [-0.4, -0.2) is 58.1 Å². The standard InChI is InChI=1S/C20H28N4O3/c1-3-23(4-2)16-12-13-24(14-16)20(25)11-10-18-21-22-19(27-18)15-26-17-8-6-5-7-9-17/h5-9,16H,3-4,10-15H2,1-2H3/t16-/m1/s1. The predicted molar refractivity (Wildman–Crippen MR) is 101 cm³/mol. The second kappa shape index (κ2) is 9.50. The number of para-hydroxylation sites is 1. The molecule has 0 bridgehead atoms. The van der Waals surface area contributed by atoms with E-state index in [4.69, 9.17) is 9.15 Å². The van der Waals surface area contributed by atoms with E-state index in [0.717, 1.165) is 38.3 Å². The molecule has 2 aromatic rings. The monoisotopic (exact) mass is 372 g/mol. The molecule has 0 radical (unpaired) electrons. The van der Waals surface area contributed by atoms with Gasteiger partial charge in [0.15, 0.2) is 6.61 Å². The Kier molecular flexibility index (Phi) is 6.81. The van der Waals surface area contributed by atoms with Crippen LogP contribution in [-0.2, 0) is 17.8 Å². The summed E-state index contributed by atoms with van der Waals surface area (Å²) in [6.45, 7) is 8.27. The average molecular weight is 372 g/mol. The molecule has 0 saturated carbocycles. The van der Waals surface area contributed by atoms with Crippen molar-refractivity contribution in [2.75, 3.05) is 26.2 Å². The SMILES string of the molecule is CCN(CC)[C@@H]1CCN(C(=O)CCc2nnc(COc3ccccc3)o2)C1. The predicted octanol–water partition coefficient (Wildman–Crippen LogP) is 2.52. The van der Waals surface area contributed by atoms with Crippen molar-refractivity contribution in [1.82, 2.24) is 20.0 Å². The fourth-order valence-electron chi connectivity index (χ4n) is 3.49. The lowest BCUT2D eigenvalue weighted by atomic mass is 10.2. The number of likely N-dealkylation sites (tertiary alicyclic amines) is 1. The number of carbonyl (C=O) groups excluding carboxylic acids is 1. The summed E-state index contributed by atoms with van der Waals surface area (Å²) in [5.74, 6) is 1.81. The Balaban J connectivity index is 1.42. The number of likely N-dealkylation sites (N-methyl/N-ethyl adjacent to an activating group) is 1. The Morgan fingerprint density at radius 1 is 1.22 bits per heavy atom. The molecule has 1 fully saturated rings. The van der Waals surface area contributed by atoms with Crippen LogP contribution in [0.25, 0.3) is 0 Å². The van der Waals surface area contributed by atoms with E-state index in [2.05, 4.69) is 28.9 Å². The average Bonchev–Trinajstić information content (AvgIpc) is 3.36. The van der Waals surface area contributed by atoms with Gasteiger partial charge in [-0.3, -0.25) is 9.69 Å². The van der Waals surface area contributed by atoms with Crippen LogP contribution < -0.4 is 4.74 Å². The number of benzene rings is 1. The van der Waals surface area contributed by atoms with Gasteiger partial charge in [-0.1, -0.05) is 32.0 Å². The lowest BCUT2D eigenvalue weighted by molar-refractivity contribution is -0.130. The molecule has 146 valence electrons. The Morgan fingerprint density at radius 2 is 1.96 bits per heavy atom. The largest absolute Gasteiger partial charge is 0.484 e. The van der Waals surface area contributed by atoms with Crippen molar-refractivity contribution in [2.24, 2.45) is 0 Å². The van der Waals surface area contributed by atoms with Crippen molar-refractivity contribution in [3.8, 4) is 5.75 Å². The minimum atomic E-state index is 0.157. The number of rotatable bonds is 9. The summed E-state index contributed by atoms with van der Waals surface area (Å²) >= 11 is 0. The van der Waals surface area contributed by atoms with Crippen LogP contribution in [0, 0.1) is 0 Å². The molecule has 1 aromatic heterocycles. The van der Waals surface area contributed by atoms with Crippen molar-refractivity contribution >= 4 is 5.91 Å². The van der Waals surface area contributed by atoms with E-state index in [9.17, 15) is 4.79 Å². The molecule has 1 aromatic carbocycles. The summed E-state index contributed by atoms with van der Waals surface area (Å²) in [5.41, 5.74) is 0. The molecule has 0 aliphatic carbocycles. The molecule has 0 spiro atoms. The highest BCUT2D eigenvalue weighted by molar-refractivity contribution is 5.76. The third-order valence-corrected chi connectivity index (χ3v) is 5.01. The summed E-state index contributed by atoms with van der Waals surface area (Å²) in [5, 5.41) is 8.01. The van der Waals surface area contributed by atoms with Gasteiger partial charge < -0.3 is 14.1 Å². The van der Waals surface area contributed by atoms with Crippen LogP contribution in [0.1, 0.15) is 38.5 Å². The van der Waals surface area contributed by atoms with Crippen molar-refractivity contribution in [3.63, 3.8) is 0 Å². The highest BCUT2D eigenvalue weighted by Crippen LogP contribution is 2.17. The molecule has 1 atom stereocenters. The van der Waals surface area contributed by atoms with Gasteiger partial charge in [0.1, 0.15) is 5.75 Å². The van der Waals surface area contributed by atoms with Gasteiger partial charge in [-0.05, 0) is 31.6 Å². The molecule has 0 unspecified atom stereocenters. The Labute approximate surface area is 160 Å². The van der Waals surface area contributed by atoms with E-state index in [1.54, 1.807) is 0 Å². The first-order valence-corrected chi connectivity index (χ1v) is 9.70. The first-order valence-electron chi connectivity index (χ1n) is 9.70. The maximum Gasteiger partial charge on any atom is 0.253 e. The molecule has 2 heterocycles. The molecular weight excluding hydrogens is 344 g/mol. The first-order chi connectivity index (χ1) is 13.2. The van der Waals surface area contributed by atoms with E-state index in [1.807, 2.05) is 35.2 Å². The van der Waals surface area contributed by atoms with Crippen molar-refractivity contribution in [1.29, 1.82) is 0 Å². The van der Waals surface area contributed by atoms with Crippen molar-refractivity contribution < 1.29 is 13.9 Å². The first kappa shape index (κ1) is 19.4. The Hall–Kier alpha value is -2.41. The molecule has 7 heteroatoms. The maximum atomic E-state index is 12.5. The van der Waals surface area contributed by atoms with Gasteiger partial charge in [0.25, 0.3) is 5.89 Å². The van der Waals surface area contributed by atoms with Gasteiger partial charge in [0.2, 0.25) is 11.8 Å². The summed E-state index contributed by atoms with van der Waals surface area (Å²) in [7, 11) is 0. The molecule has 1 amide bonds. The van der Waals surface area contributed by atoms with E-state index >= 15 is 0 Å². The maximum absolute atomic E-state index is 12.5. The normalized spacial score (nSPS) is 16.9. The second-order valence-electron chi connectivity index (χ2n) is 6.69. The number of hydrogen-bond acceptors (Lipinski definition) is 6. The van der Waals surface area contributed by atoms with Crippen LogP contribution in [0.5, 0.6) is 5.75 Å². The molecule has 0 N–H and O–H groups in total. The summed E-state index contributed by atoms with van der Waals surface area (Å²) in [4.78, 5) is 16.9. The Morgan fingerprint density at radius 3 is 2.70 bits per heavy atom. The van der Waals surface area contributed by atoms with Crippen LogP contribution >= 0.6 is 0 Å². The third-order valence-electron chi connectivity index (χ3n) is 5.01. The van der Waals surface area contributed by atoms with Gasteiger partial charge in [0.05, 0.1) is 0 Å². The summed E-state index contributed by atoms with van der Waals surface area (Å²) < 4.78 is 11.2. The minimum absolute atomic E-state index is 0.157. The van der Waals surface area contributed by atoms with Crippen molar-refractivity contribution in [2.45, 2.75) is 45.8 Å². The van der Waals surface area contributed by atoms with Crippen LogP contribution in [0.3, 0.4) is 0 Å². The van der Waals surface area contributed by atoms with Gasteiger partial charge in [-0.15, -0.1) is 10.2 Å². The lowest BCUT2D eigenvalue weighted by Crippen LogP contribution is -2.38. The smallest absolute Gasteiger partial charge is 0.253 e. The zero-order chi connectivity index (χ0) is 19.1. The van der Waals surface area contributed by atoms with E-state index in [1.165, 1.54) is 0 Å². The number of ether oxygens (including phenoxy) is 1. The molecule has 1 aliphatic heterocycles. The van der Waals surface area contributed by atoms with E-state index in [0.29, 0.717) is 30.7 Å².